The summed E-state index contributed by atoms with van der Waals surface area (Å²) < 4.78 is 15.4. The molecular weight excluding hydrogens is 246 g/mol. The molecule has 0 radical (unpaired) electrons. The van der Waals surface area contributed by atoms with Crippen molar-refractivity contribution in [1.29, 1.82) is 0 Å². The van der Waals surface area contributed by atoms with E-state index in [1.807, 2.05) is 25.1 Å². The quantitative estimate of drug-likeness (QED) is 0.763. The number of hydrogen-bond donors (Lipinski definition) is 1. The molecule has 106 valence electrons. The van der Waals surface area contributed by atoms with Gasteiger partial charge < -0.3 is 19.5 Å². The topological polar surface area (TPSA) is 56.8 Å². The van der Waals surface area contributed by atoms with Crippen LogP contribution in [-0.2, 0) is 16.1 Å². The predicted molar refractivity (Wildman–Crippen MR) is 72.5 cm³/mol. The number of benzene rings is 1. The third-order valence-corrected chi connectivity index (χ3v) is 2.69. The molecule has 0 unspecified atom stereocenters. The summed E-state index contributed by atoms with van der Waals surface area (Å²) in [5, 5.41) is 3.08. The lowest BCUT2D eigenvalue weighted by atomic mass is 10.2. The molecule has 0 heterocycles. The van der Waals surface area contributed by atoms with Crippen LogP contribution in [0, 0.1) is 0 Å². The Hall–Kier alpha value is -1.75. The van der Waals surface area contributed by atoms with E-state index in [2.05, 4.69) is 10.1 Å². The lowest BCUT2D eigenvalue weighted by Gasteiger charge is -2.13. The predicted octanol–water partition coefficient (Wildman–Crippen LogP) is 1.74. The largest absolute Gasteiger partial charge is 0.493 e. The second kappa shape index (κ2) is 7.63. The van der Waals surface area contributed by atoms with Crippen LogP contribution in [0.4, 0.5) is 0 Å². The van der Waals surface area contributed by atoms with Gasteiger partial charge in [0.15, 0.2) is 11.5 Å². The first-order valence-electron chi connectivity index (χ1n) is 6.23. The SMILES string of the molecule is CCOc1ccc(CN[C@@H](C)C(=O)OC)cc1OC. The fraction of sp³-hybridized carbons (Fsp3) is 0.500. The van der Waals surface area contributed by atoms with E-state index < -0.39 is 0 Å². The zero-order valence-corrected chi connectivity index (χ0v) is 11.9. The smallest absolute Gasteiger partial charge is 0.322 e. The highest BCUT2D eigenvalue weighted by atomic mass is 16.5. The molecule has 0 aliphatic heterocycles. The molecule has 5 heteroatoms. The fourth-order valence-electron chi connectivity index (χ4n) is 1.63. The maximum Gasteiger partial charge on any atom is 0.322 e. The molecule has 1 aromatic rings. The average Bonchev–Trinajstić information content (AvgIpc) is 2.45. The third-order valence-electron chi connectivity index (χ3n) is 2.69. The zero-order chi connectivity index (χ0) is 14.3. The Balaban J connectivity index is 2.67. The van der Waals surface area contributed by atoms with E-state index in [1.54, 1.807) is 14.0 Å². The third kappa shape index (κ3) is 4.44. The summed E-state index contributed by atoms with van der Waals surface area (Å²) in [6.45, 7) is 4.83. The minimum Gasteiger partial charge on any atom is -0.493 e. The summed E-state index contributed by atoms with van der Waals surface area (Å²) >= 11 is 0. The first kappa shape index (κ1) is 15.3. The van der Waals surface area contributed by atoms with Crippen LogP contribution in [0.3, 0.4) is 0 Å². The average molecular weight is 267 g/mol. The first-order valence-corrected chi connectivity index (χ1v) is 6.23. The Labute approximate surface area is 113 Å². The van der Waals surface area contributed by atoms with Crippen molar-refractivity contribution in [3.63, 3.8) is 0 Å². The van der Waals surface area contributed by atoms with Crippen LogP contribution in [-0.4, -0.2) is 32.8 Å². The van der Waals surface area contributed by atoms with Crippen LogP contribution in [0.2, 0.25) is 0 Å². The van der Waals surface area contributed by atoms with Gasteiger partial charge in [0.05, 0.1) is 20.8 Å². The van der Waals surface area contributed by atoms with Gasteiger partial charge in [-0.2, -0.15) is 0 Å². The zero-order valence-electron chi connectivity index (χ0n) is 11.9. The standard InChI is InChI=1S/C14H21NO4/c1-5-19-12-7-6-11(8-13(12)17-3)9-15-10(2)14(16)18-4/h6-8,10,15H,5,9H2,1-4H3/t10-/m0/s1. The fourth-order valence-corrected chi connectivity index (χ4v) is 1.63. The van der Waals surface area contributed by atoms with Crippen molar-refractivity contribution in [3.8, 4) is 11.5 Å². The monoisotopic (exact) mass is 267 g/mol. The summed E-state index contributed by atoms with van der Waals surface area (Å²) in [5.41, 5.74) is 1.01. The highest BCUT2D eigenvalue weighted by molar-refractivity contribution is 5.75. The van der Waals surface area contributed by atoms with Crippen LogP contribution < -0.4 is 14.8 Å². The van der Waals surface area contributed by atoms with Crippen LogP contribution in [0.15, 0.2) is 18.2 Å². The van der Waals surface area contributed by atoms with Gasteiger partial charge in [0.1, 0.15) is 6.04 Å². The van der Waals surface area contributed by atoms with Crippen molar-refractivity contribution in [2.24, 2.45) is 0 Å². The van der Waals surface area contributed by atoms with Crippen molar-refractivity contribution in [1.82, 2.24) is 5.32 Å². The normalized spacial score (nSPS) is 11.8. The number of carbonyl (C=O) groups is 1. The number of hydrogen-bond acceptors (Lipinski definition) is 5. The highest BCUT2D eigenvalue weighted by Crippen LogP contribution is 2.27. The van der Waals surface area contributed by atoms with Gasteiger partial charge in [0.2, 0.25) is 0 Å². The van der Waals surface area contributed by atoms with Crippen molar-refractivity contribution in [2.45, 2.75) is 26.4 Å². The first-order chi connectivity index (χ1) is 9.12. The lowest BCUT2D eigenvalue weighted by molar-refractivity contribution is -0.142. The maximum absolute atomic E-state index is 11.3. The summed E-state index contributed by atoms with van der Waals surface area (Å²) in [6, 6.07) is 5.34. The van der Waals surface area contributed by atoms with Crippen LogP contribution in [0.5, 0.6) is 11.5 Å². The summed E-state index contributed by atoms with van der Waals surface area (Å²) in [5.74, 6) is 1.12. The lowest BCUT2D eigenvalue weighted by Crippen LogP contribution is -2.34. The molecule has 0 fully saturated rings. The molecule has 1 aromatic carbocycles. The number of carbonyl (C=O) groups excluding carboxylic acids is 1. The molecule has 0 spiro atoms. The Morgan fingerprint density at radius 3 is 2.63 bits per heavy atom. The van der Waals surface area contributed by atoms with Crippen molar-refractivity contribution in [2.75, 3.05) is 20.8 Å². The number of ether oxygens (including phenoxy) is 3. The molecule has 1 N–H and O–H groups in total. The van der Waals surface area contributed by atoms with E-state index >= 15 is 0 Å². The molecule has 0 aromatic heterocycles. The van der Waals surface area contributed by atoms with E-state index in [1.165, 1.54) is 7.11 Å². The molecular formula is C14H21NO4. The number of rotatable bonds is 7. The second-order valence-electron chi connectivity index (χ2n) is 4.04. The van der Waals surface area contributed by atoms with Gasteiger partial charge in [-0.3, -0.25) is 4.79 Å². The van der Waals surface area contributed by atoms with Crippen molar-refractivity contribution < 1.29 is 19.0 Å². The van der Waals surface area contributed by atoms with E-state index in [0.717, 1.165) is 11.3 Å². The molecule has 19 heavy (non-hydrogen) atoms. The molecule has 0 aliphatic rings. The Kier molecular flexibility index (Phi) is 6.15. The maximum atomic E-state index is 11.3. The van der Waals surface area contributed by atoms with Gasteiger partial charge in [-0.05, 0) is 31.5 Å². The summed E-state index contributed by atoms with van der Waals surface area (Å²) in [4.78, 5) is 11.3. The second-order valence-corrected chi connectivity index (χ2v) is 4.04. The van der Waals surface area contributed by atoms with Crippen LogP contribution in [0.25, 0.3) is 0 Å². The molecule has 5 nitrogen and oxygen atoms in total. The molecule has 0 saturated carbocycles. The van der Waals surface area contributed by atoms with E-state index in [0.29, 0.717) is 18.9 Å². The van der Waals surface area contributed by atoms with Gasteiger partial charge in [0.25, 0.3) is 0 Å². The summed E-state index contributed by atoms with van der Waals surface area (Å²) in [6.07, 6.45) is 0. The van der Waals surface area contributed by atoms with Crippen LogP contribution in [0.1, 0.15) is 19.4 Å². The minimum absolute atomic E-state index is 0.280. The number of esters is 1. The minimum atomic E-state index is -0.345. The van der Waals surface area contributed by atoms with Crippen molar-refractivity contribution >= 4 is 5.97 Å². The molecule has 1 atom stereocenters. The van der Waals surface area contributed by atoms with E-state index in [9.17, 15) is 4.79 Å². The molecule has 0 aliphatic carbocycles. The Bertz CT molecular complexity index is 420. The van der Waals surface area contributed by atoms with Crippen LogP contribution >= 0.6 is 0 Å². The van der Waals surface area contributed by atoms with E-state index in [4.69, 9.17) is 9.47 Å². The van der Waals surface area contributed by atoms with Gasteiger partial charge in [-0.25, -0.2) is 0 Å². The number of nitrogens with one attached hydrogen (secondary N) is 1. The molecule has 0 amide bonds. The van der Waals surface area contributed by atoms with Gasteiger partial charge >= 0.3 is 5.97 Å². The van der Waals surface area contributed by atoms with E-state index in [-0.39, 0.29) is 12.0 Å². The van der Waals surface area contributed by atoms with Gasteiger partial charge in [-0.1, -0.05) is 6.07 Å². The van der Waals surface area contributed by atoms with Crippen molar-refractivity contribution in [3.05, 3.63) is 23.8 Å². The molecule has 1 rings (SSSR count). The molecule has 0 saturated heterocycles. The summed E-state index contributed by atoms with van der Waals surface area (Å²) in [7, 11) is 2.98. The van der Waals surface area contributed by atoms with Gasteiger partial charge in [-0.15, -0.1) is 0 Å². The Morgan fingerprint density at radius 2 is 2.05 bits per heavy atom. The van der Waals surface area contributed by atoms with Gasteiger partial charge in [0, 0.05) is 6.54 Å². The highest BCUT2D eigenvalue weighted by Gasteiger charge is 2.12. The number of methoxy groups -OCH3 is 2. The molecule has 0 bridgehead atoms. The Morgan fingerprint density at radius 1 is 1.32 bits per heavy atom.